The monoisotopic (exact) mass is 374 g/mol. The molecule has 28 heavy (non-hydrogen) atoms. The van der Waals surface area contributed by atoms with Crippen LogP contribution in [0.15, 0.2) is 42.5 Å². The normalized spacial score (nSPS) is 14.4. The predicted molar refractivity (Wildman–Crippen MR) is 105 cm³/mol. The summed E-state index contributed by atoms with van der Waals surface area (Å²) in [4.78, 5) is 4.26. The van der Waals surface area contributed by atoms with Gasteiger partial charge in [-0.05, 0) is 19.1 Å². The number of nitrogen functional groups attached to an aromatic ring is 2. The van der Waals surface area contributed by atoms with Crippen LogP contribution in [-0.2, 0) is 0 Å². The van der Waals surface area contributed by atoms with Crippen LogP contribution in [0.1, 0.15) is 35.1 Å². The van der Waals surface area contributed by atoms with Crippen molar-refractivity contribution in [3.63, 3.8) is 0 Å². The van der Waals surface area contributed by atoms with Crippen molar-refractivity contribution in [3.05, 3.63) is 64.7 Å². The van der Waals surface area contributed by atoms with Crippen molar-refractivity contribution in [3.8, 4) is 29.2 Å². The van der Waals surface area contributed by atoms with Gasteiger partial charge < -0.3 is 26.0 Å². The number of nitrogens with two attached hydrogens (primary N) is 2. The minimum atomic E-state index is -0.401. The third kappa shape index (κ3) is 2.63. The summed E-state index contributed by atoms with van der Waals surface area (Å²) < 4.78 is 11.7. The number of para-hydroxylation sites is 1. The molecule has 2 heterocycles. The number of rotatable bonds is 3. The average molecular weight is 374 g/mol. The maximum Gasteiger partial charge on any atom is 0.227 e. The minimum absolute atomic E-state index is 0.000744. The molecule has 0 unspecified atom stereocenters. The van der Waals surface area contributed by atoms with Gasteiger partial charge in [0.05, 0.1) is 17.9 Å². The summed E-state index contributed by atoms with van der Waals surface area (Å²) in [6, 6.07) is 14.5. The predicted octanol–water partition coefficient (Wildman–Crippen LogP) is 3.51. The Kier molecular flexibility index (Phi) is 4.17. The highest BCUT2D eigenvalue weighted by Crippen LogP contribution is 2.52. The van der Waals surface area contributed by atoms with Gasteiger partial charge in [0, 0.05) is 23.1 Å². The van der Waals surface area contributed by atoms with E-state index in [-0.39, 0.29) is 28.7 Å². The lowest BCUT2D eigenvalue weighted by atomic mass is 9.81. The van der Waals surface area contributed by atoms with Crippen molar-refractivity contribution in [1.29, 1.82) is 5.26 Å². The molecule has 7 nitrogen and oxygen atoms in total. The first-order valence-electron chi connectivity index (χ1n) is 8.76. The van der Waals surface area contributed by atoms with Gasteiger partial charge in [0.2, 0.25) is 5.88 Å². The first-order valence-corrected chi connectivity index (χ1v) is 8.76. The summed E-state index contributed by atoms with van der Waals surface area (Å²) in [5.41, 5.74) is 14.8. The fraction of sp³-hybridized carbons (Fsp3) is 0.143. The third-order valence-electron chi connectivity index (χ3n) is 4.71. The Morgan fingerprint density at radius 3 is 2.75 bits per heavy atom. The van der Waals surface area contributed by atoms with Crippen LogP contribution in [0.2, 0.25) is 0 Å². The molecule has 0 spiro atoms. The van der Waals surface area contributed by atoms with Crippen LogP contribution in [0.5, 0.6) is 23.1 Å². The van der Waals surface area contributed by atoms with E-state index in [1.54, 1.807) is 12.1 Å². The van der Waals surface area contributed by atoms with Crippen LogP contribution in [-0.4, -0.2) is 16.7 Å². The molecule has 0 aliphatic carbocycles. The molecule has 0 amide bonds. The zero-order chi connectivity index (χ0) is 19.8. The quantitative estimate of drug-likeness (QED) is 0.500. The zero-order valence-electron chi connectivity index (χ0n) is 15.1. The summed E-state index contributed by atoms with van der Waals surface area (Å²) in [7, 11) is 0. The maximum atomic E-state index is 9.91. The second kappa shape index (κ2) is 6.67. The van der Waals surface area contributed by atoms with Crippen molar-refractivity contribution >= 4 is 11.5 Å². The smallest absolute Gasteiger partial charge is 0.227 e. The summed E-state index contributed by atoms with van der Waals surface area (Å²) in [5, 5.41) is 19.4. The number of ether oxygens (including phenoxy) is 2. The fourth-order valence-electron chi connectivity index (χ4n) is 3.53. The average Bonchev–Trinajstić information content (AvgIpc) is 2.67. The van der Waals surface area contributed by atoms with Crippen LogP contribution >= 0.6 is 0 Å². The number of pyridine rings is 1. The van der Waals surface area contributed by atoms with E-state index in [1.165, 1.54) is 6.07 Å². The first kappa shape index (κ1) is 17.5. The number of aromatic hydroxyl groups is 1. The molecule has 7 heteroatoms. The van der Waals surface area contributed by atoms with Crippen molar-refractivity contribution in [1.82, 2.24) is 4.98 Å². The van der Waals surface area contributed by atoms with Crippen LogP contribution < -0.4 is 20.9 Å². The Hall–Kier alpha value is -3.92. The van der Waals surface area contributed by atoms with Crippen LogP contribution in [0.3, 0.4) is 0 Å². The summed E-state index contributed by atoms with van der Waals surface area (Å²) >= 11 is 0. The molecule has 140 valence electrons. The van der Waals surface area contributed by atoms with Crippen LogP contribution in [0, 0.1) is 11.3 Å². The molecule has 0 saturated heterocycles. The number of aromatic nitrogens is 1. The Morgan fingerprint density at radius 1 is 1.21 bits per heavy atom. The van der Waals surface area contributed by atoms with Crippen LogP contribution in [0.4, 0.5) is 11.5 Å². The number of hydrogen-bond donors (Lipinski definition) is 3. The van der Waals surface area contributed by atoms with Crippen molar-refractivity contribution in [2.75, 3.05) is 18.1 Å². The number of fused-ring (bicyclic) bond motifs is 2. The van der Waals surface area contributed by atoms with E-state index in [4.69, 9.17) is 20.9 Å². The van der Waals surface area contributed by atoms with Gasteiger partial charge >= 0.3 is 0 Å². The minimum Gasteiger partial charge on any atom is -0.508 e. The van der Waals surface area contributed by atoms with Crippen molar-refractivity contribution < 1.29 is 14.6 Å². The van der Waals surface area contributed by atoms with Crippen molar-refractivity contribution in [2.24, 2.45) is 0 Å². The largest absolute Gasteiger partial charge is 0.508 e. The fourth-order valence-corrected chi connectivity index (χ4v) is 3.53. The molecular weight excluding hydrogens is 356 g/mol. The molecule has 0 bridgehead atoms. The van der Waals surface area contributed by atoms with Gasteiger partial charge in [0.15, 0.2) is 0 Å². The van der Waals surface area contributed by atoms with Gasteiger partial charge in [-0.25, -0.2) is 0 Å². The van der Waals surface area contributed by atoms with Gasteiger partial charge in [-0.2, -0.15) is 10.2 Å². The lowest BCUT2D eigenvalue weighted by Gasteiger charge is -2.30. The van der Waals surface area contributed by atoms with Gasteiger partial charge in [0.25, 0.3) is 0 Å². The SMILES string of the molecule is CCOc1ccccc1[C@@H]1c2ccc(O)cc2Oc2nc(N)c(C#N)c(N)c21. The van der Waals surface area contributed by atoms with E-state index in [2.05, 4.69) is 4.98 Å². The number of nitriles is 1. The molecule has 5 N–H and O–H groups in total. The summed E-state index contributed by atoms with van der Waals surface area (Å²) in [6.07, 6.45) is 0. The molecule has 4 rings (SSSR count). The zero-order valence-corrected chi connectivity index (χ0v) is 15.1. The lowest BCUT2D eigenvalue weighted by molar-refractivity contribution is 0.335. The molecule has 1 aliphatic rings. The highest BCUT2D eigenvalue weighted by atomic mass is 16.5. The highest BCUT2D eigenvalue weighted by Gasteiger charge is 2.35. The number of phenolic OH excluding ortho intramolecular Hbond substituents is 1. The molecule has 1 aliphatic heterocycles. The Labute approximate surface area is 161 Å². The molecule has 0 fully saturated rings. The molecular formula is C21H18N4O3. The Bertz CT molecular complexity index is 1120. The van der Waals surface area contributed by atoms with E-state index < -0.39 is 5.92 Å². The summed E-state index contributed by atoms with van der Waals surface area (Å²) in [6.45, 7) is 2.40. The van der Waals surface area contributed by atoms with Crippen molar-refractivity contribution in [2.45, 2.75) is 12.8 Å². The Morgan fingerprint density at radius 2 is 2.00 bits per heavy atom. The second-order valence-electron chi connectivity index (χ2n) is 6.34. The van der Waals surface area contributed by atoms with Gasteiger partial charge in [0.1, 0.15) is 34.7 Å². The van der Waals surface area contributed by atoms with Gasteiger partial charge in [-0.1, -0.05) is 24.3 Å². The third-order valence-corrected chi connectivity index (χ3v) is 4.71. The maximum absolute atomic E-state index is 9.91. The highest BCUT2D eigenvalue weighted by molar-refractivity contribution is 5.76. The number of nitrogens with zero attached hydrogens (tertiary/aromatic N) is 2. The Balaban J connectivity index is 2.05. The number of benzene rings is 2. The molecule has 0 radical (unpaired) electrons. The van der Waals surface area contributed by atoms with Gasteiger partial charge in [-0.3, -0.25) is 0 Å². The van der Waals surface area contributed by atoms with E-state index in [1.807, 2.05) is 37.3 Å². The van der Waals surface area contributed by atoms with E-state index in [9.17, 15) is 10.4 Å². The second-order valence-corrected chi connectivity index (χ2v) is 6.34. The number of phenols is 1. The van der Waals surface area contributed by atoms with E-state index in [0.717, 1.165) is 11.1 Å². The molecule has 3 aromatic rings. The number of anilines is 2. The molecule has 2 aromatic carbocycles. The number of hydrogen-bond acceptors (Lipinski definition) is 7. The summed E-state index contributed by atoms with van der Waals surface area (Å²) in [5.74, 6) is 1.01. The first-order chi connectivity index (χ1) is 13.5. The van der Waals surface area contributed by atoms with Crippen LogP contribution in [0.25, 0.3) is 0 Å². The van der Waals surface area contributed by atoms with E-state index in [0.29, 0.717) is 23.7 Å². The van der Waals surface area contributed by atoms with Gasteiger partial charge in [-0.15, -0.1) is 0 Å². The molecule has 1 atom stereocenters. The molecule has 0 saturated carbocycles. The lowest BCUT2D eigenvalue weighted by Crippen LogP contribution is -2.18. The standard InChI is InChI=1S/C21H18N4O3/c1-2-27-15-6-4-3-5-12(15)17-13-8-7-11(26)9-16(13)28-21-18(17)19(23)14(10-22)20(24)25-21/h3-9,17,26H,2H2,1H3,(H4,23,24,25)/t17-/m1/s1. The van der Waals surface area contributed by atoms with E-state index >= 15 is 0 Å². The topological polar surface area (TPSA) is 127 Å². The molecule has 1 aromatic heterocycles.